The minimum absolute atomic E-state index is 0.00656. The number of anilines is 4. The van der Waals surface area contributed by atoms with Gasteiger partial charge in [0.1, 0.15) is 17.7 Å². The van der Waals surface area contributed by atoms with Crippen LogP contribution in [0, 0.1) is 23.0 Å². The molecule has 0 unspecified atom stereocenters. The third-order valence-electron chi connectivity index (χ3n) is 4.99. The van der Waals surface area contributed by atoms with E-state index in [1.54, 1.807) is 12.1 Å². The number of hydrogen-bond donors (Lipinski definition) is 3. The standard InChI is InChI=1S/C22H18ClF2N7O/c23-15-12-28-22(29-14-4-5-18(17(25)10-14)32-8-6-27-7-9-32)31-20(15)21(33)30-19-13(11-26)2-1-3-16(19)24/h1-5,10,12,27H,6-9H2,(H,30,33)(H,28,29,31). The fraction of sp³-hybridized carbons (Fsp3) is 0.182. The number of hydrogen-bond acceptors (Lipinski definition) is 7. The van der Waals surface area contributed by atoms with E-state index in [2.05, 4.69) is 25.9 Å². The van der Waals surface area contributed by atoms with Gasteiger partial charge in [-0.15, -0.1) is 0 Å². The molecule has 8 nitrogen and oxygen atoms in total. The summed E-state index contributed by atoms with van der Waals surface area (Å²) in [4.78, 5) is 22.7. The number of nitriles is 1. The average molecular weight is 470 g/mol. The summed E-state index contributed by atoms with van der Waals surface area (Å²) in [6, 6.07) is 10.3. The molecule has 168 valence electrons. The Kier molecular flexibility index (Phi) is 6.63. The fourth-order valence-electron chi connectivity index (χ4n) is 3.38. The molecule has 4 rings (SSSR count). The number of para-hydroxylation sites is 1. The van der Waals surface area contributed by atoms with Crippen molar-refractivity contribution in [2.24, 2.45) is 0 Å². The number of nitrogens with zero attached hydrogens (tertiary/aromatic N) is 4. The largest absolute Gasteiger partial charge is 0.367 e. The van der Waals surface area contributed by atoms with Crippen molar-refractivity contribution in [3.05, 3.63) is 70.5 Å². The van der Waals surface area contributed by atoms with Crippen LogP contribution in [0.25, 0.3) is 0 Å². The monoisotopic (exact) mass is 469 g/mol. The van der Waals surface area contributed by atoms with Gasteiger partial charge in [-0.2, -0.15) is 5.26 Å². The van der Waals surface area contributed by atoms with Gasteiger partial charge in [-0.3, -0.25) is 4.79 Å². The summed E-state index contributed by atoms with van der Waals surface area (Å²) in [6.07, 6.45) is 1.20. The highest BCUT2D eigenvalue weighted by Gasteiger charge is 2.19. The van der Waals surface area contributed by atoms with Gasteiger partial charge in [-0.1, -0.05) is 17.7 Å². The van der Waals surface area contributed by atoms with Crippen molar-refractivity contribution in [1.29, 1.82) is 5.26 Å². The van der Waals surface area contributed by atoms with E-state index in [0.717, 1.165) is 19.2 Å². The summed E-state index contributed by atoms with van der Waals surface area (Å²) in [7, 11) is 0. The lowest BCUT2D eigenvalue weighted by atomic mass is 10.2. The van der Waals surface area contributed by atoms with Crippen molar-refractivity contribution in [2.75, 3.05) is 41.7 Å². The Hall–Kier alpha value is -3.81. The van der Waals surface area contributed by atoms with E-state index in [1.165, 1.54) is 24.4 Å². The molecule has 1 saturated heterocycles. The Bertz CT molecular complexity index is 1240. The number of amides is 1. The number of nitrogens with one attached hydrogen (secondary N) is 3. The van der Waals surface area contributed by atoms with E-state index in [4.69, 9.17) is 16.9 Å². The van der Waals surface area contributed by atoms with E-state index in [9.17, 15) is 13.6 Å². The Morgan fingerprint density at radius 3 is 2.70 bits per heavy atom. The van der Waals surface area contributed by atoms with Gasteiger partial charge >= 0.3 is 0 Å². The van der Waals surface area contributed by atoms with E-state index >= 15 is 0 Å². The van der Waals surface area contributed by atoms with Crippen LogP contribution in [-0.4, -0.2) is 42.1 Å². The SMILES string of the molecule is N#Cc1cccc(F)c1NC(=O)c1nc(Nc2ccc(N3CCNCC3)c(F)c2)ncc1Cl. The molecule has 1 amide bonds. The normalized spacial score (nSPS) is 13.3. The van der Waals surface area contributed by atoms with Gasteiger partial charge in [0.25, 0.3) is 5.91 Å². The second kappa shape index (κ2) is 9.77. The Labute approximate surface area is 193 Å². The summed E-state index contributed by atoms with van der Waals surface area (Å²) in [5.41, 5.74) is 0.309. The highest BCUT2D eigenvalue weighted by Crippen LogP contribution is 2.26. The van der Waals surface area contributed by atoms with E-state index in [0.29, 0.717) is 24.5 Å². The first kappa shape index (κ1) is 22.4. The van der Waals surface area contributed by atoms with Crippen molar-refractivity contribution in [2.45, 2.75) is 0 Å². The lowest BCUT2D eigenvalue weighted by molar-refractivity contribution is 0.102. The number of carbonyl (C=O) groups excluding carboxylic acids is 1. The first-order valence-electron chi connectivity index (χ1n) is 10.0. The molecule has 0 bridgehead atoms. The van der Waals surface area contributed by atoms with E-state index in [-0.39, 0.29) is 27.9 Å². The van der Waals surface area contributed by atoms with E-state index < -0.39 is 17.5 Å². The highest BCUT2D eigenvalue weighted by molar-refractivity contribution is 6.34. The van der Waals surface area contributed by atoms with Crippen LogP contribution in [0.15, 0.2) is 42.6 Å². The summed E-state index contributed by atoms with van der Waals surface area (Å²) in [5.74, 6) is -2.01. The summed E-state index contributed by atoms with van der Waals surface area (Å²) < 4.78 is 28.8. The molecule has 0 saturated carbocycles. The number of piperazine rings is 1. The van der Waals surface area contributed by atoms with Crippen LogP contribution in [-0.2, 0) is 0 Å². The lowest BCUT2D eigenvalue weighted by Gasteiger charge is -2.29. The van der Waals surface area contributed by atoms with Gasteiger partial charge in [0.15, 0.2) is 5.69 Å². The molecule has 2 aromatic carbocycles. The minimum Gasteiger partial charge on any atom is -0.367 e. The number of halogens is 3. The molecule has 33 heavy (non-hydrogen) atoms. The molecule has 11 heteroatoms. The first-order chi connectivity index (χ1) is 16.0. The molecule has 0 aliphatic carbocycles. The van der Waals surface area contributed by atoms with Crippen molar-refractivity contribution in [3.8, 4) is 6.07 Å². The molecule has 1 fully saturated rings. The molecular weight excluding hydrogens is 452 g/mol. The molecule has 0 spiro atoms. The molecule has 0 atom stereocenters. The average Bonchev–Trinajstić information content (AvgIpc) is 2.82. The van der Waals surface area contributed by atoms with Crippen LogP contribution < -0.4 is 20.9 Å². The van der Waals surface area contributed by atoms with Crippen LogP contribution in [0.4, 0.5) is 31.8 Å². The maximum absolute atomic E-state index is 14.7. The Morgan fingerprint density at radius 2 is 1.97 bits per heavy atom. The lowest BCUT2D eigenvalue weighted by Crippen LogP contribution is -2.43. The minimum atomic E-state index is -0.827. The zero-order valence-electron chi connectivity index (χ0n) is 17.2. The number of aromatic nitrogens is 2. The maximum atomic E-state index is 14.7. The number of benzene rings is 2. The topological polar surface area (TPSA) is 106 Å². The summed E-state index contributed by atoms with van der Waals surface area (Å²) in [5, 5.41) is 17.4. The van der Waals surface area contributed by atoms with Crippen LogP contribution in [0.2, 0.25) is 5.02 Å². The van der Waals surface area contributed by atoms with Crippen LogP contribution >= 0.6 is 11.6 Å². The van der Waals surface area contributed by atoms with Gasteiger partial charge in [-0.05, 0) is 30.3 Å². The van der Waals surface area contributed by atoms with Gasteiger partial charge in [-0.25, -0.2) is 18.7 Å². The van der Waals surface area contributed by atoms with Gasteiger partial charge < -0.3 is 20.9 Å². The molecule has 1 aromatic heterocycles. The molecular formula is C22H18ClF2N7O. The van der Waals surface area contributed by atoms with Crippen molar-refractivity contribution in [3.63, 3.8) is 0 Å². The predicted octanol–water partition coefficient (Wildman–Crippen LogP) is 3.69. The van der Waals surface area contributed by atoms with Crippen LogP contribution in [0.1, 0.15) is 16.1 Å². The molecule has 3 N–H and O–H groups in total. The molecule has 1 aliphatic rings. The number of carbonyl (C=O) groups is 1. The predicted molar refractivity (Wildman–Crippen MR) is 121 cm³/mol. The quantitative estimate of drug-likeness (QED) is 0.523. The summed E-state index contributed by atoms with van der Waals surface area (Å²) in [6.45, 7) is 2.98. The Morgan fingerprint density at radius 1 is 1.18 bits per heavy atom. The van der Waals surface area contributed by atoms with Crippen molar-refractivity contribution in [1.82, 2.24) is 15.3 Å². The fourth-order valence-corrected chi connectivity index (χ4v) is 3.56. The first-order valence-corrected chi connectivity index (χ1v) is 10.4. The van der Waals surface area contributed by atoms with E-state index in [1.807, 2.05) is 11.0 Å². The molecule has 3 aromatic rings. The molecule has 2 heterocycles. The van der Waals surface area contributed by atoms with Gasteiger partial charge in [0.2, 0.25) is 5.95 Å². The van der Waals surface area contributed by atoms with Crippen molar-refractivity contribution >= 4 is 40.5 Å². The summed E-state index contributed by atoms with van der Waals surface area (Å²) >= 11 is 6.06. The molecule has 0 radical (unpaired) electrons. The van der Waals surface area contributed by atoms with Crippen LogP contribution in [0.3, 0.4) is 0 Å². The smallest absolute Gasteiger partial charge is 0.276 e. The molecule has 1 aliphatic heterocycles. The van der Waals surface area contributed by atoms with Crippen LogP contribution in [0.5, 0.6) is 0 Å². The number of rotatable bonds is 5. The van der Waals surface area contributed by atoms with Crippen molar-refractivity contribution < 1.29 is 13.6 Å². The zero-order chi connectivity index (χ0) is 23.4. The zero-order valence-corrected chi connectivity index (χ0v) is 18.0. The highest BCUT2D eigenvalue weighted by atomic mass is 35.5. The third-order valence-corrected chi connectivity index (χ3v) is 5.27. The second-order valence-electron chi connectivity index (χ2n) is 7.15. The Balaban J connectivity index is 1.54. The second-order valence-corrected chi connectivity index (χ2v) is 7.55. The maximum Gasteiger partial charge on any atom is 0.276 e. The van der Waals surface area contributed by atoms with Gasteiger partial charge in [0, 0.05) is 31.9 Å². The van der Waals surface area contributed by atoms with Gasteiger partial charge in [0.05, 0.1) is 28.2 Å². The third kappa shape index (κ3) is 5.00.